The van der Waals surface area contributed by atoms with Gasteiger partial charge in [0.25, 0.3) is 0 Å². The van der Waals surface area contributed by atoms with Gasteiger partial charge >= 0.3 is 0 Å². The number of fused-ring (bicyclic) bond motifs is 2. The molecule has 0 aliphatic heterocycles. The van der Waals surface area contributed by atoms with Gasteiger partial charge < -0.3 is 5.73 Å². The van der Waals surface area contributed by atoms with Crippen LogP contribution in [0, 0.1) is 0 Å². The van der Waals surface area contributed by atoms with Crippen molar-refractivity contribution >= 4 is 40.0 Å². The normalized spacial score (nSPS) is 10.8. The molecule has 0 amide bonds. The molecule has 0 unspecified atom stereocenters. The zero-order valence-electron chi connectivity index (χ0n) is 12.6. The van der Waals surface area contributed by atoms with Crippen molar-refractivity contribution in [2.24, 2.45) is 0 Å². The van der Waals surface area contributed by atoms with Gasteiger partial charge in [-0.3, -0.25) is 0 Å². The van der Waals surface area contributed by atoms with E-state index in [2.05, 4.69) is 17.0 Å². The van der Waals surface area contributed by atoms with E-state index >= 15 is 0 Å². The van der Waals surface area contributed by atoms with Crippen LogP contribution < -0.4 is 5.73 Å². The Morgan fingerprint density at radius 1 is 1.09 bits per heavy atom. The van der Waals surface area contributed by atoms with E-state index in [1.807, 2.05) is 42.5 Å². The van der Waals surface area contributed by atoms with Crippen LogP contribution in [0.2, 0.25) is 0 Å². The van der Waals surface area contributed by atoms with Crippen molar-refractivity contribution < 1.29 is 0 Å². The number of hydrogen-bond acceptors (Lipinski definition) is 4. The number of aryl methyl sites for hydroxylation is 1. The average molecular weight is 326 g/mol. The first-order valence-corrected chi connectivity index (χ1v) is 7.27. The van der Waals surface area contributed by atoms with Crippen molar-refractivity contribution in [3.8, 4) is 5.82 Å². The maximum Gasteiger partial charge on any atom is 0.167 e. The Labute approximate surface area is 139 Å². The summed E-state index contributed by atoms with van der Waals surface area (Å²) in [6.45, 7) is 2.07. The van der Waals surface area contributed by atoms with Crippen LogP contribution in [-0.4, -0.2) is 19.7 Å². The summed E-state index contributed by atoms with van der Waals surface area (Å²) >= 11 is 0. The van der Waals surface area contributed by atoms with Crippen molar-refractivity contribution in [2.45, 2.75) is 13.3 Å². The number of benzene rings is 1. The third-order valence-corrected chi connectivity index (χ3v) is 3.82. The maximum atomic E-state index is 6.41. The van der Waals surface area contributed by atoms with E-state index in [0.29, 0.717) is 0 Å². The van der Waals surface area contributed by atoms with Gasteiger partial charge in [0.1, 0.15) is 0 Å². The third-order valence-electron chi connectivity index (χ3n) is 3.82. The number of hydrogen-bond donors (Lipinski definition) is 1. The number of aromatic nitrogens is 4. The predicted molar refractivity (Wildman–Crippen MR) is 95.2 cm³/mol. The van der Waals surface area contributed by atoms with E-state index in [1.54, 1.807) is 10.9 Å². The first-order valence-electron chi connectivity index (χ1n) is 7.27. The molecule has 3 aromatic heterocycles. The van der Waals surface area contributed by atoms with Gasteiger partial charge in [-0.15, -0.1) is 12.4 Å². The summed E-state index contributed by atoms with van der Waals surface area (Å²) in [6.07, 6.45) is 2.54. The van der Waals surface area contributed by atoms with Crippen molar-refractivity contribution in [1.82, 2.24) is 19.7 Å². The Hall–Kier alpha value is -2.66. The second kappa shape index (κ2) is 5.85. The van der Waals surface area contributed by atoms with Crippen LogP contribution in [0.4, 0.5) is 5.69 Å². The lowest BCUT2D eigenvalue weighted by molar-refractivity contribution is 0.830. The number of nitrogens with zero attached hydrogens (tertiary/aromatic N) is 4. The number of pyridine rings is 2. The lowest BCUT2D eigenvalue weighted by atomic mass is 10.1. The van der Waals surface area contributed by atoms with Gasteiger partial charge in [-0.05, 0) is 24.6 Å². The first kappa shape index (κ1) is 15.2. The molecule has 0 spiro atoms. The minimum absolute atomic E-state index is 0. The zero-order valence-corrected chi connectivity index (χ0v) is 13.4. The van der Waals surface area contributed by atoms with Crippen LogP contribution in [0.3, 0.4) is 0 Å². The lowest BCUT2D eigenvalue weighted by Gasteiger charge is -2.05. The molecule has 1 aromatic carbocycles. The molecule has 0 bridgehead atoms. The summed E-state index contributed by atoms with van der Waals surface area (Å²) in [5, 5.41) is 6.56. The molecule has 0 fully saturated rings. The van der Waals surface area contributed by atoms with Crippen molar-refractivity contribution in [3.05, 3.63) is 54.4 Å². The molecule has 23 heavy (non-hydrogen) atoms. The van der Waals surface area contributed by atoms with Crippen LogP contribution in [-0.2, 0) is 6.42 Å². The molecule has 0 radical (unpaired) electrons. The monoisotopic (exact) mass is 325 g/mol. The fourth-order valence-corrected chi connectivity index (χ4v) is 2.77. The zero-order chi connectivity index (χ0) is 15.1. The summed E-state index contributed by atoms with van der Waals surface area (Å²) in [7, 11) is 0. The highest BCUT2D eigenvalue weighted by atomic mass is 35.5. The highest BCUT2D eigenvalue weighted by Gasteiger charge is 2.17. The summed E-state index contributed by atoms with van der Waals surface area (Å²) < 4.78 is 1.77. The van der Waals surface area contributed by atoms with Gasteiger partial charge in [-0.25, -0.2) is 9.97 Å². The van der Waals surface area contributed by atoms with E-state index in [0.717, 1.165) is 45.6 Å². The smallest absolute Gasteiger partial charge is 0.167 e. The molecule has 0 aliphatic carbocycles. The Balaban J connectivity index is 0.00000156. The Morgan fingerprint density at radius 2 is 1.87 bits per heavy atom. The SMILES string of the molecule is CCc1nn(-c2ccccn2)c2nc3ccccc3c(N)c12.Cl. The first-order chi connectivity index (χ1) is 10.8. The molecule has 0 aliphatic rings. The third kappa shape index (κ3) is 2.29. The summed E-state index contributed by atoms with van der Waals surface area (Å²) in [5.41, 5.74) is 9.71. The van der Waals surface area contributed by atoms with E-state index in [1.165, 1.54) is 0 Å². The van der Waals surface area contributed by atoms with Gasteiger partial charge in [0.15, 0.2) is 11.5 Å². The predicted octanol–water partition coefficient (Wildman–Crippen LogP) is 3.54. The van der Waals surface area contributed by atoms with E-state index in [4.69, 9.17) is 10.7 Å². The van der Waals surface area contributed by atoms with Crippen molar-refractivity contribution in [2.75, 3.05) is 5.73 Å². The second-order valence-corrected chi connectivity index (χ2v) is 5.14. The molecular formula is C17H16ClN5. The number of nitrogen functional groups attached to an aromatic ring is 1. The van der Waals surface area contributed by atoms with Crippen molar-refractivity contribution in [1.29, 1.82) is 0 Å². The van der Waals surface area contributed by atoms with E-state index in [9.17, 15) is 0 Å². The number of halogens is 1. The van der Waals surface area contributed by atoms with Gasteiger partial charge in [-0.2, -0.15) is 9.78 Å². The van der Waals surface area contributed by atoms with Gasteiger partial charge in [0.05, 0.1) is 22.3 Å². The molecule has 4 aromatic rings. The summed E-state index contributed by atoms with van der Waals surface area (Å²) in [4.78, 5) is 9.14. The van der Waals surface area contributed by atoms with Gasteiger partial charge in [-0.1, -0.05) is 31.2 Å². The van der Waals surface area contributed by atoms with Gasteiger partial charge in [0, 0.05) is 11.6 Å². The van der Waals surface area contributed by atoms with E-state index < -0.39 is 0 Å². The molecule has 4 rings (SSSR count). The standard InChI is InChI=1S/C17H15N5.ClH/c1-2-12-15-16(18)11-7-3-4-8-13(11)20-17(15)22(21-12)14-9-5-6-10-19-14;/h3-10H,2H2,1H3,(H2,18,20);1H. The van der Waals surface area contributed by atoms with Crippen LogP contribution in [0.1, 0.15) is 12.6 Å². The molecule has 0 saturated carbocycles. The van der Waals surface area contributed by atoms with Crippen molar-refractivity contribution in [3.63, 3.8) is 0 Å². The average Bonchev–Trinajstić information content (AvgIpc) is 2.95. The summed E-state index contributed by atoms with van der Waals surface area (Å²) in [6, 6.07) is 13.6. The molecular weight excluding hydrogens is 310 g/mol. The summed E-state index contributed by atoms with van der Waals surface area (Å²) in [5.74, 6) is 0.745. The number of para-hydroxylation sites is 1. The Kier molecular flexibility index (Phi) is 3.88. The molecule has 0 saturated heterocycles. The molecule has 116 valence electrons. The van der Waals surface area contributed by atoms with Gasteiger partial charge in [0.2, 0.25) is 0 Å². The number of nitrogens with two attached hydrogens (primary N) is 1. The Bertz CT molecular complexity index is 979. The minimum atomic E-state index is 0. The van der Waals surface area contributed by atoms with Crippen LogP contribution >= 0.6 is 12.4 Å². The number of rotatable bonds is 2. The molecule has 6 heteroatoms. The quantitative estimate of drug-likeness (QED) is 0.612. The van der Waals surface area contributed by atoms with Crippen LogP contribution in [0.5, 0.6) is 0 Å². The largest absolute Gasteiger partial charge is 0.398 e. The van der Waals surface area contributed by atoms with E-state index in [-0.39, 0.29) is 12.4 Å². The molecule has 5 nitrogen and oxygen atoms in total. The second-order valence-electron chi connectivity index (χ2n) is 5.14. The minimum Gasteiger partial charge on any atom is -0.398 e. The fraction of sp³-hybridized carbons (Fsp3) is 0.118. The van der Waals surface area contributed by atoms with Crippen LogP contribution in [0.15, 0.2) is 48.7 Å². The number of anilines is 1. The molecule has 3 heterocycles. The Morgan fingerprint density at radius 3 is 2.61 bits per heavy atom. The fourth-order valence-electron chi connectivity index (χ4n) is 2.77. The maximum absolute atomic E-state index is 6.41. The molecule has 0 atom stereocenters. The highest BCUT2D eigenvalue weighted by Crippen LogP contribution is 2.31. The topological polar surface area (TPSA) is 69.6 Å². The highest BCUT2D eigenvalue weighted by molar-refractivity contribution is 6.06. The molecule has 2 N–H and O–H groups in total. The lowest BCUT2D eigenvalue weighted by Crippen LogP contribution is -2.01. The van der Waals surface area contributed by atoms with Crippen LogP contribution in [0.25, 0.3) is 27.8 Å².